The molecule has 12 heteroatoms. The maximum absolute atomic E-state index is 9.09. The molecule has 0 saturated carbocycles. The van der Waals surface area contributed by atoms with Crippen LogP contribution in [0.25, 0.3) is 0 Å². The fourth-order valence-electron chi connectivity index (χ4n) is 2.16. The number of nitrogens with zero attached hydrogens (tertiary/aromatic N) is 3. The van der Waals surface area contributed by atoms with E-state index in [4.69, 9.17) is 43.7 Å². The first-order valence-corrected chi connectivity index (χ1v) is 8.28. The molecule has 0 spiro atoms. The van der Waals surface area contributed by atoms with E-state index in [2.05, 4.69) is 9.98 Å². The van der Waals surface area contributed by atoms with Crippen molar-refractivity contribution < 1.29 is 43.7 Å². The van der Waals surface area contributed by atoms with Gasteiger partial charge in [0.05, 0.1) is 39.1 Å². The molecule has 0 radical (unpaired) electrons. The Morgan fingerprint density at radius 2 is 1.65 bits per heavy atom. The van der Waals surface area contributed by atoms with Crippen LogP contribution in [0.1, 0.15) is 0 Å². The Hall–Kier alpha value is -1.54. The third-order valence-electron chi connectivity index (χ3n) is 3.76. The zero-order valence-corrected chi connectivity index (χ0v) is 13.9. The predicted molar refractivity (Wildman–Crippen MR) is 81.8 cm³/mol. The highest BCUT2D eigenvalue weighted by atomic mass is 16.7. The molecular formula is C14H21N3O9. The molecule has 4 aliphatic heterocycles. The van der Waals surface area contributed by atoms with Crippen molar-refractivity contribution in [2.75, 3.05) is 46.2 Å². The largest absolute Gasteiger partial charge is 0.461 e. The van der Waals surface area contributed by atoms with Crippen molar-refractivity contribution in [3.63, 3.8) is 0 Å². The maximum atomic E-state index is 9.09. The molecule has 4 atom stereocenters. The molecular weight excluding hydrogens is 354 g/mol. The van der Waals surface area contributed by atoms with Crippen LogP contribution in [-0.4, -0.2) is 109 Å². The summed E-state index contributed by atoms with van der Waals surface area (Å²) in [7, 11) is 0. The predicted octanol–water partition coefficient (Wildman–Crippen LogP) is -2.83. The van der Waals surface area contributed by atoms with E-state index in [-0.39, 0.29) is 37.0 Å². The molecule has 12 nitrogen and oxygen atoms in total. The molecule has 0 bridgehead atoms. The van der Waals surface area contributed by atoms with Gasteiger partial charge in [0.15, 0.2) is 6.61 Å². The zero-order chi connectivity index (χ0) is 18.1. The molecule has 0 aromatic carbocycles. The third kappa shape index (κ3) is 5.48. The Morgan fingerprint density at radius 1 is 1.00 bits per heavy atom. The van der Waals surface area contributed by atoms with E-state index >= 15 is 0 Å². The van der Waals surface area contributed by atoms with Crippen molar-refractivity contribution in [3.8, 4) is 0 Å². The van der Waals surface area contributed by atoms with E-state index in [1.807, 2.05) is 0 Å². The van der Waals surface area contributed by atoms with Crippen LogP contribution in [0.15, 0.2) is 9.98 Å². The van der Waals surface area contributed by atoms with Crippen LogP contribution in [0.5, 0.6) is 0 Å². The zero-order valence-electron chi connectivity index (χ0n) is 13.9. The lowest BCUT2D eigenvalue weighted by molar-refractivity contribution is -0.325. The lowest BCUT2D eigenvalue weighted by Crippen LogP contribution is -2.49. The first-order chi connectivity index (χ1) is 12.5. The van der Waals surface area contributed by atoms with Crippen LogP contribution >= 0.6 is 0 Å². The Labute approximate surface area is 148 Å². The Balaban J connectivity index is 1.46. The average Bonchev–Trinajstić information content (AvgIpc) is 3.45. The van der Waals surface area contributed by atoms with E-state index in [9.17, 15) is 0 Å². The first kappa shape index (κ1) is 17.9. The summed E-state index contributed by atoms with van der Waals surface area (Å²) in [5.41, 5.74) is 0. The number of amidine groups is 2. The Morgan fingerprint density at radius 3 is 2.27 bits per heavy atom. The molecule has 4 rings (SSSR count). The average molecular weight is 375 g/mol. The number of hydrogen-bond donors (Lipinski definition) is 3. The molecule has 0 amide bonds. The minimum Gasteiger partial charge on any atom is -0.461 e. The second-order valence-electron chi connectivity index (χ2n) is 6.36. The number of aliphatic imine (C=N–C) groups is 2. The van der Waals surface area contributed by atoms with Crippen molar-refractivity contribution in [1.82, 2.24) is 4.90 Å². The summed E-state index contributed by atoms with van der Waals surface area (Å²) in [5, 5.41) is 27.3. The minimum atomic E-state index is -3.00. The van der Waals surface area contributed by atoms with E-state index < -0.39 is 18.9 Å². The lowest BCUT2D eigenvalue weighted by Gasteiger charge is -2.33. The van der Waals surface area contributed by atoms with Crippen molar-refractivity contribution >= 4 is 12.0 Å². The van der Waals surface area contributed by atoms with Gasteiger partial charge in [-0.05, 0) is 0 Å². The van der Waals surface area contributed by atoms with Gasteiger partial charge < -0.3 is 43.7 Å². The van der Waals surface area contributed by atoms with Gasteiger partial charge in [-0.3, -0.25) is 4.90 Å². The van der Waals surface area contributed by atoms with Gasteiger partial charge in [-0.2, -0.15) is 4.99 Å². The van der Waals surface area contributed by atoms with Crippen molar-refractivity contribution in [2.45, 2.75) is 30.6 Å². The van der Waals surface area contributed by atoms with Crippen LogP contribution in [0, 0.1) is 0 Å². The quantitative estimate of drug-likeness (QED) is 0.284. The Bertz CT molecular complexity index is 567. The molecule has 26 heavy (non-hydrogen) atoms. The molecule has 4 unspecified atom stereocenters. The standard InChI is InChI=1S/C14H21N3O9/c18-14(19,20)7-26-13-16-11(24-5-9-3-22-9)15-12(25-6-10-4-23-10)17(13)1-8-2-21-8/h8-10,12,18-20H,1-7H2. The molecule has 4 aliphatic rings. The maximum Gasteiger partial charge on any atom is 0.320 e. The normalized spacial score (nSPS) is 32.7. The summed E-state index contributed by atoms with van der Waals surface area (Å²) in [4.78, 5) is 10.0. The van der Waals surface area contributed by atoms with Crippen molar-refractivity contribution in [1.29, 1.82) is 0 Å². The van der Waals surface area contributed by atoms with E-state index in [1.54, 1.807) is 4.90 Å². The number of hydrogen-bond acceptors (Lipinski definition) is 12. The number of ether oxygens (including phenoxy) is 6. The Kier molecular flexibility index (Phi) is 4.96. The van der Waals surface area contributed by atoms with Crippen LogP contribution in [0.4, 0.5) is 0 Å². The fourth-order valence-corrected chi connectivity index (χ4v) is 2.16. The van der Waals surface area contributed by atoms with Crippen LogP contribution in [0.3, 0.4) is 0 Å². The summed E-state index contributed by atoms with van der Waals surface area (Å²) >= 11 is 0. The molecule has 0 aromatic heterocycles. The molecule has 3 saturated heterocycles. The summed E-state index contributed by atoms with van der Waals surface area (Å²) < 4.78 is 32.0. The van der Waals surface area contributed by atoms with Gasteiger partial charge in [0.1, 0.15) is 18.8 Å². The first-order valence-electron chi connectivity index (χ1n) is 8.28. The molecule has 0 aliphatic carbocycles. The van der Waals surface area contributed by atoms with Gasteiger partial charge in [-0.15, -0.1) is 4.99 Å². The molecule has 3 fully saturated rings. The second kappa shape index (κ2) is 7.23. The number of aliphatic hydroxyl groups is 3. The van der Waals surface area contributed by atoms with Gasteiger partial charge >= 0.3 is 18.0 Å². The van der Waals surface area contributed by atoms with Crippen LogP contribution < -0.4 is 0 Å². The molecule has 0 aromatic rings. The van der Waals surface area contributed by atoms with Crippen LogP contribution in [-0.2, 0) is 28.4 Å². The van der Waals surface area contributed by atoms with Gasteiger partial charge in [-0.1, -0.05) is 0 Å². The van der Waals surface area contributed by atoms with Gasteiger partial charge in [0, 0.05) is 0 Å². The summed E-state index contributed by atoms with van der Waals surface area (Å²) in [6.45, 7) is 1.99. The third-order valence-corrected chi connectivity index (χ3v) is 3.76. The summed E-state index contributed by atoms with van der Waals surface area (Å²) in [6.07, 6.45) is -0.811. The van der Waals surface area contributed by atoms with Crippen molar-refractivity contribution in [2.24, 2.45) is 9.98 Å². The number of rotatable bonds is 9. The van der Waals surface area contributed by atoms with Crippen molar-refractivity contribution in [3.05, 3.63) is 0 Å². The highest BCUT2D eigenvalue weighted by Crippen LogP contribution is 2.21. The van der Waals surface area contributed by atoms with Crippen LogP contribution in [0.2, 0.25) is 0 Å². The summed E-state index contributed by atoms with van der Waals surface area (Å²) in [5.74, 6) is -3.00. The summed E-state index contributed by atoms with van der Waals surface area (Å²) in [6, 6.07) is -0.00458. The monoisotopic (exact) mass is 375 g/mol. The highest BCUT2D eigenvalue weighted by molar-refractivity contribution is 5.91. The van der Waals surface area contributed by atoms with E-state index in [1.165, 1.54) is 0 Å². The smallest absolute Gasteiger partial charge is 0.320 e. The van der Waals surface area contributed by atoms with E-state index in [0.717, 1.165) is 0 Å². The topological polar surface area (TPSA) is 154 Å². The molecule has 146 valence electrons. The van der Waals surface area contributed by atoms with Gasteiger partial charge in [0.2, 0.25) is 6.35 Å². The van der Waals surface area contributed by atoms with E-state index in [0.29, 0.717) is 33.0 Å². The second-order valence-corrected chi connectivity index (χ2v) is 6.36. The lowest BCUT2D eigenvalue weighted by atomic mass is 10.4. The SMILES string of the molecule is OC(O)(O)COC1=NC(OCC2CO2)=NC(OCC2CO2)N1CC1CO1. The molecule has 4 heterocycles. The fraction of sp³-hybridized carbons (Fsp3) is 0.857. The highest BCUT2D eigenvalue weighted by Gasteiger charge is 2.38. The van der Waals surface area contributed by atoms with Gasteiger partial charge in [-0.25, -0.2) is 0 Å². The minimum absolute atomic E-state index is 0.00868. The van der Waals surface area contributed by atoms with Gasteiger partial charge in [0.25, 0.3) is 0 Å². The number of epoxide rings is 3. The molecule has 3 N–H and O–H groups in total.